The number of nitrogens with one attached hydrogen (secondary N) is 1. The maximum Gasteiger partial charge on any atom is 0.255 e. The Hall–Kier alpha value is -4.20. The third-order valence-electron chi connectivity index (χ3n) is 6.24. The van der Waals surface area contributed by atoms with Gasteiger partial charge in [-0.3, -0.25) is 9.59 Å². The minimum Gasteiger partial charge on any atom is -0.497 e. The molecule has 3 aromatic rings. The summed E-state index contributed by atoms with van der Waals surface area (Å²) < 4.78 is 16.2. The Kier molecular flexibility index (Phi) is 8.51. The normalized spacial score (nSPS) is 13.2. The summed E-state index contributed by atoms with van der Waals surface area (Å²) in [5, 5.41) is 2.94. The van der Waals surface area contributed by atoms with Crippen molar-refractivity contribution in [2.45, 2.75) is 13.3 Å². The summed E-state index contributed by atoms with van der Waals surface area (Å²) >= 11 is 0. The van der Waals surface area contributed by atoms with E-state index in [1.165, 1.54) is 0 Å². The van der Waals surface area contributed by atoms with Crippen molar-refractivity contribution in [1.29, 1.82) is 0 Å². The van der Waals surface area contributed by atoms with Gasteiger partial charge in [0.05, 0.1) is 20.8 Å². The zero-order chi connectivity index (χ0) is 26.2. The summed E-state index contributed by atoms with van der Waals surface area (Å²) in [5.74, 6) is 1.72. The fourth-order valence-electron chi connectivity index (χ4n) is 4.16. The molecule has 0 bridgehead atoms. The quantitative estimate of drug-likeness (QED) is 0.456. The molecule has 0 radical (unpaired) electrons. The van der Waals surface area contributed by atoms with Crippen molar-refractivity contribution in [2.24, 2.45) is 0 Å². The molecule has 3 aromatic carbocycles. The lowest BCUT2D eigenvalue weighted by molar-refractivity contribution is 0.0746. The lowest BCUT2D eigenvalue weighted by atomic mass is 10.1. The molecule has 0 aromatic heterocycles. The van der Waals surface area contributed by atoms with Gasteiger partial charge in [0.2, 0.25) is 0 Å². The molecule has 0 atom stereocenters. The first-order valence-corrected chi connectivity index (χ1v) is 12.4. The molecule has 1 heterocycles. The summed E-state index contributed by atoms with van der Waals surface area (Å²) in [6.45, 7) is 5.34. The second-order valence-electron chi connectivity index (χ2n) is 8.75. The van der Waals surface area contributed by atoms with Crippen LogP contribution in [0.4, 0.5) is 11.4 Å². The SMILES string of the molecule is CCCOc1ccc(C(=O)Nc2ccc(N3CCN(C(=O)c4cc(OC)cc(OC)c4)CC3)cc2)cc1. The summed E-state index contributed by atoms with van der Waals surface area (Å²) in [6, 6.07) is 20.1. The summed E-state index contributed by atoms with van der Waals surface area (Å²) in [4.78, 5) is 29.7. The van der Waals surface area contributed by atoms with Gasteiger partial charge < -0.3 is 29.3 Å². The molecule has 1 saturated heterocycles. The van der Waals surface area contributed by atoms with Crippen LogP contribution in [0.15, 0.2) is 66.7 Å². The Labute approximate surface area is 217 Å². The Balaban J connectivity index is 1.31. The van der Waals surface area contributed by atoms with Gasteiger partial charge in [-0.25, -0.2) is 0 Å². The molecular weight excluding hydrogens is 470 g/mol. The molecule has 1 aliphatic heterocycles. The van der Waals surface area contributed by atoms with Gasteiger partial charge in [0.15, 0.2) is 0 Å². The fourth-order valence-corrected chi connectivity index (χ4v) is 4.16. The minimum absolute atomic E-state index is 0.0418. The van der Waals surface area contributed by atoms with Crippen molar-refractivity contribution in [3.63, 3.8) is 0 Å². The van der Waals surface area contributed by atoms with Crippen molar-refractivity contribution in [3.05, 3.63) is 77.9 Å². The number of rotatable bonds is 9. The summed E-state index contributed by atoms with van der Waals surface area (Å²) in [6.07, 6.45) is 0.936. The molecule has 0 aliphatic carbocycles. The number of hydrogen-bond donors (Lipinski definition) is 1. The molecule has 4 rings (SSSR count). The van der Waals surface area contributed by atoms with Crippen LogP contribution >= 0.6 is 0 Å². The molecule has 1 aliphatic rings. The van der Waals surface area contributed by atoms with Crippen molar-refractivity contribution < 1.29 is 23.8 Å². The molecule has 0 spiro atoms. The molecule has 1 fully saturated rings. The second-order valence-corrected chi connectivity index (χ2v) is 8.75. The van der Waals surface area contributed by atoms with Crippen LogP contribution in [0.2, 0.25) is 0 Å². The van der Waals surface area contributed by atoms with E-state index in [0.29, 0.717) is 55.4 Å². The molecule has 194 valence electrons. The Bertz CT molecular complexity index is 1180. The summed E-state index contributed by atoms with van der Waals surface area (Å²) in [7, 11) is 3.14. The van der Waals surface area contributed by atoms with E-state index in [1.807, 2.05) is 41.3 Å². The molecule has 1 N–H and O–H groups in total. The molecule has 2 amide bonds. The predicted molar refractivity (Wildman–Crippen MR) is 144 cm³/mol. The number of benzene rings is 3. The average molecular weight is 504 g/mol. The number of anilines is 2. The highest BCUT2D eigenvalue weighted by Crippen LogP contribution is 2.25. The van der Waals surface area contributed by atoms with Crippen LogP contribution in [-0.2, 0) is 0 Å². The lowest BCUT2D eigenvalue weighted by Crippen LogP contribution is -2.48. The number of carbonyl (C=O) groups is 2. The summed E-state index contributed by atoms with van der Waals surface area (Å²) in [5.41, 5.74) is 2.89. The smallest absolute Gasteiger partial charge is 0.255 e. The van der Waals surface area contributed by atoms with Crippen LogP contribution in [0, 0.1) is 0 Å². The maximum absolute atomic E-state index is 13.1. The largest absolute Gasteiger partial charge is 0.497 e. The van der Waals surface area contributed by atoms with Gasteiger partial charge in [-0.15, -0.1) is 0 Å². The molecule has 37 heavy (non-hydrogen) atoms. The van der Waals surface area contributed by atoms with Crippen LogP contribution < -0.4 is 24.4 Å². The predicted octanol–water partition coefficient (Wildman–Crippen LogP) is 4.71. The van der Waals surface area contributed by atoms with Gasteiger partial charge in [-0.2, -0.15) is 0 Å². The van der Waals surface area contributed by atoms with Gasteiger partial charge in [0.1, 0.15) is 17.2 Å². The van der Waals surface area contributed by atoms with E-state index in [2.05, 4.69) is 17.1 Å². The van der Waals surface area contributed by atoms with E-state index >= 15 is 0 Å². The molecule has 8 nitrogen and oxygen atoms in total. The minimum atomic E-state index is -0.170. The number of piperazine rings is 1. The number of carbonyl (C=O) groups excluding carboxylic acids is 2. The zero-order valence-electron chi connectivity index (χ0n) is 21.5. The molecule has 0 unspecified atom stereocenters. The highest BCUT2D eigenvalue weighted by atomic mass is 16.5. The van der Waals surface area contributed by atoms with Crippen molar-refractivity contribution in [3.8, 4) is 17.2 Å². The van der Waals surface area contributed by atoms with Crippen LogP contribution in [0.1, 0.15) is 34.1 Å². The number of methoxy groups -OCH3 is 2. The van der Waals surface area contributed by atoms with Gasteiger partial charge in [0.25, 0.3) is 11.8 Å². The molecular formula is C29H33N3O5. The second kappa shape index (κ2) is 12.2. The average Bonchev–Trinajstić information content (AvgIpc) is 2.96. The first kappa shape index (κ1) is 25.9. The number of hydrogen-bond acceptors (Lipinski definition) is 6. The standard InChI is InChI=1S/C29H33N3O5/c1-4-17-37-25-11-5-21(6-12-25)28(33)30-23-7-9-24(10-8-23)31-13-15-32(16-14-31)29(34)22-18-26(35-2)20-27(19-22)36-3/h5-12,18-20H,4,13-17H2,1-3H3,(H,30,33). The first-order valence-electron chi connectivity index (χ1n) is 12.4. The van der Waals surface area contributed by atoms with E-state index in [0.717, 1.165) is 23.5 Å². The van der Waals surface area contributed by atoms with E-state index in [9.17, 15) is 9.59 Å². The first-order chi connectivity index (χ1) is 18.0. The van der Waals surface area contributed by atoms with Crippen LogP contribution in [0.3, 0.4) is 0 Å². The van der Waals surface area contributed by atoms with Crippen molar-refractivity contribution >= 4 is 23.2 Å². The third-order valence-corrected chi connectivity index (χ3v) is 6.24. The van der Waals surface area contributed by atoms with Gasteiger partial charge in [-0.05, 0) is 67.1 Å². The molecule has 0 saturated carbocycles. The monoisotopic (exact) mass is 503 g/mol. The molecule has 8 heteroatoms. The number of amides is 2. The van der Waals surface area contributed by atoms with E-state index in [-0.39, 0.29) is 11.8 Å². The van der Waals surface area contributed by atoms with Gasteiger partial charge in [-0.1, -0.05) is 6.92 Å². The highest BCUT2D eigenvalue weighted by molar-refractivity contribution is 6.04. The third kappa shape index (κ3) is 6.52. The topological polar surface area (TPSA) is 80.3 Å². The van der Waals surface area contributed by atoms with Gasteiger partial charge >= 0.3 is 0 Å². The van der Waals surface area contributed by atoms with Crippen LogP contribution in [0.25, 0.3) is 0 Å². The van der Waals surface area contributed by atoms with Crippen LogP contribution in [0.5, 0.6) is 17.2 Å². The van der Waals surface area contributed by atoms with Crippen LogP contribution in [-0.4, -0.2) is 63.7 Å². The van der Waals surface area contributed by atoms with Crippen molar-refractivity contribution in [2.75, 3.05) is 57.2 Å². The Morgan fingerprint density at radius 1 is 0.784 bits per heavy atom. The zero-order valence-corrected chi connectivity index (χ0v) is 21.5. The lowest BCUT2D eigenvalue weighted by Gasteiger charge is -2.36. The Morgan fingerprint density at radius 3 is 1.97 bits per heavy atom. The number of nitrogens with zero attached hydrogens (tertiary/aromatic N) is 2. The van der Waals surface area contributed by atoms with Crippen molar-refractivity contribution in [1.82, 2.24) is 4.90 Å². The Morgan fingerprint density at radius 2 is 1.41 bits per heavy atom. The maximum atomic E-state index is 13.1. The van der Waals surface area contributed by atoms with E-state index in [1.54, 1.807) is 44.6 Å². The number of ether oxygens (including phenoxy) is 3. The highest BCUT2D eigenvalue weighted by Gasteiger charge is 2.23. The van der Waals surface area contributed by atoms with Gasteiger partial charge in [0, 0.05) is 54.7 Å². The van der Waals surface area contributed by atoms with E-state index in [4.69, 9.17) is 14.2 Å². The fraction of sp³-hybridized carbons (Fsp3) is 0.310. The van der Waals surface area contributed by atoms with E-state index < -0.39 is 0 Å².